The quantitative estimate of drug-likeness (QED) is 0.834. The van der Waals surface area contributed by atoms with Crippen molar-refractivity contribution in [2.24, 2.45) is 7.05 Å². The van der Waals surface area contributed by atoms with Crippen LogP contribution in [-0.2, 0) is 7.05 Å². The molecule has 0 aliphatic heterocycles. The van der Waals surface area contributed by atoms with Crippen molar-refractivity contribution in [2.45, 2.75) is 6.92 Å². The van der Waals surface area contributed by atoms with Gasteiger partial charge in [0, 0.05) is 18.6 Å². The molecule has 5 nitrogen and oxygen atoms in total. The molecule has 16 heavy (non-hydrogen) atoms. The molecule has 5 heteroatoms. The second kappa shape index (κ2) is 3.52. The standard InChI is InChI=1S/C11H12N2O3/c1-6-9-7(4-5-13(9)2)8(11(14)15)10(12-6)16-3/h4-5H,1-3H3,(H,14,15). The largest absolute Gasteiger partial charge is 0.480 e. The highest BCUT2D eigenvalue weighted by Crippen LogP contribution is 2.28. The summed E-state index contributed by atoms with van der Waals surface area (Å²) >= 11 is 0. The van der Waals surface area contributed by atoms with Crippen LogP contribution in [0.1, 0.15) is 16.1 Å². The summed E-state index contributed by atoms with van der Waals surface area (Å²) in [7, 11) is 3.28. The summed E-state index contributed by atoms with van der Waals surface area (Å²) in [5.41, 5.74) is 1.69. The van der Waals surface area contributed by atoms with Crippen LogP contribution in [0.5, 0.6) is 5.88 Å². The molecule has 0 radical (unpaired) electrons. The maximum atomic E-state index is 11.2. The molecule has 1 N–H and O–H groups in total. The Hall–Kier alpha value is -2.04. The van der Waals surface area contributed by atoms with Gasteiger partial charge >= 0.3 is 5.97 Å². The van der Waals surface area contributed by atoms with E-state index in [0.717, 1.165) is 11.2 Å². The average Bonchev–Trinajstić information content (AvgIpc) is 2.60. The van der Waals surface area contributed by atoms with Crippen LogP contribution in [0.15, 0.2) is 12.3 Å². The predicted octanol–water partition coefficient (Wildman–Crippen LogP) is 1.59. The van der Waals surface area contributed by atoms with Crippen LogP contribution >= 0.6 is 0 Å². The van der Waals surface area contributed by atoms with Crippen LogP contribution in [0, 0.1) is 6.92 Å². The second-order valence-corrected chi connectivity index (χ2v) is 3.58. The van der Waals surface area contributed by atoms with Gasteiger partial charge in [0.1, 0.15) is 5.56 Å². The van der Waals surface area contributed by atoms with Crippen LogP contribution in [-0.4, -0.2) is 27.7 Å². The number of nitrogens with zero attached hydrogens (tertiary/aromatic N) is 2. The fourth-order valence-electron chi connectivity index (χ4n) is 1.91. The first-order valence-electron chi connectivity index (χ1n) is 4.79. The van der Waals surface area contributed by atoms with Gasteiger partial charge < -0.3 is 14.4 Å². The van der Waals surface area contributed by atoms with E-state index < -0.39 is 5.97 Å². The summed E-state index contributed by atoms with van der Waals surface area (Å²) in [5, 5.41) is 9.82. The van der Waals surface area contributed by atoms with Crippen molar-refractivity contribution in [2.75, 3.05) is 7.11 Å². The van der Waals surface area contributed by atoms with Gasteiger partial charge in [0.15, 0.2) is 0 Å². The van der Waals surface area contributed by atoms with Gasteiger partial charge in [-0.2, -0.15) is 0 Å². The van der Waals surface area contributed by atoms with Crippen LogP contribution in [0.3, 0.4) is 0 Å². The average molecular weight is 220 g/mol. The van der Waals surface area contributed by atoms with E-state index in [0.29, 0.717) is 5.39 Å². The number of carbonyl (C=O) groups is 1. The van der Waals surface area contributed by atoms with E-state index in [1.54, 1.807) is 6.07 Å². The van der Waals surface area contributed by atoms with Gasteiger partial charge in [0.25, 0.3) is 0 Å². The second-order valence-electron chi connectivity index (χ2n) is 3.58. The lowest BCUT2D eigenvalue weighted by atomic mass is 10.1. The molecule has 0 aliphatic rings. The minimum atomic E-state index is -1.03. The Morgan fingerprint density at radius 2 is 2.25 bits per heavy atom. The lowest BCUT2D eigenvalue weighted by molar-refractivity contribution is 0.0695. The van der Waals surface area contributed by atoms with Gasteiger partial charge in [0.2, 0.25) is 5.88 Å². The minimum Gasteiger partial charge on any atom is -0.480 e. The Kier molecular flexibility index (Phi) is 2.30. The fraction of sp³-hybridized carbons (Fsp3) is 0.273. The molecule has 2 aromatic rings. The van der Waals surface area contributed by atoms with Crippen molar-refractivity contribution in [3.63, 3.8) is 0 Å². The van der Waals surface area contributed by atoms with Crippen LogP contribution in [0.2, 0.25) is 0 Å². The van der Waals surface area contributed by atoms with Gasteiger partial charge in [-0.05, 0) is 13.0 Å². The number of carboxylic acid groups (broad SMARTS) is 1. The highest BCUT2D eigenvalue weighted by Gasteiger charge is 2.20. The molecule has 0 atom stereocenters. The summed E-state index contributed by atoms with van der Waals surface area (Å²) < 4.78 is 6.85. The number of hydrogen-bond acceptors (Lipinski definition) is 3. The van der Waals surface area contributed by atoms with E-state index in [4.69, 9.17) is 9.84 Å². The molecule has 0 spiro atoms. The van der Waals surface area contributed by atoms with Gasteiger partial charge in [-0.25, -0.2) is 9.78 Å². The molecular formula is C11H12N2O3. The first kappa shape index (κ1) is 10.5. The molecule has 0 aromatic carbocycles. The smallest absolute Gasteiger partial charge is 0.341 e. The van der Waals surface area contributed by atoms with E-state index in [9.17, 15) is 4.79 Å². The fourth-order valence-corrected chi connectivity index (χ4v) is 1.91. The molecule has 84 valence electrons. The highest BCUT2D eigenvalue weighted by atomic mass is 16.5. The zero-order valence-electron chi connectivity index (χ0n) is 9.31. The third-order valence-electron chi connectivity index (χ3n) is 2.58. The maximum absolute atomic E-state index is 11.2. The Balaban J connectivity index is 2.93. The normalized spacial score (nSPS) is 10.7. The molecule has 2 aromatic heterocycles. The third-order valence-corrected chi connectivity index (χ3v) is 2.58. The maximum Gasteiger partial charge on any atom is 0.341 e. The number of aromatic carboxylic acids is 1. The van der Waals surface area contributed by atoms with Gasteiger partial charge in [0.05, 0.1) is 18.3 Å². The molecule has 0 saturated carbocycles. The molecule has 2 rings (SSSR count). The number of carboxylic acids is 1. The third kappa shape index (κ3) is 1.32. The number of fused-ring (bicyclic) bond motifs is 1. The van der Waals surface area contributed by atoms with E-state index >= 15 is 0 Å². The SMILES string of the molecule is COc1nc(C)c2c(ccn2C)c1C(=O)O. The van der Waals surface area contributed by atoms with Crippen molar-refractivity contribution in [3.05, 3.63) is 23.5 Å². The highest BCUT2D eigenvalue weighted by molar-refractivity contribution is 6.05. The molecule has 0 aliphatic carbocycles. The number of hydrogen-bond donors (Lipinski definition) is 1. The number of aryl methyl sites for hydroxylation is 2. The van der Waals surface area contributed by atoms with Crippen LogP contribution in [0.4, 0.5) is 0 Å². The molecule has 0 bridgehead atoms. The van der Waals surface area contributed by atoms with Gasteiger partial charge in [-0.3, -0.25) is 0 Å². The monoisotopic (exact) mass is 220 g/mol. The lowest BCUT2D eigenvalue weighted by Crippen LogP contribution is -2.05. The minimum absolute atomic E-state index is 0.115. The van der Waals surface area contributed by atoms with E-state index in [1.807, 2.05) is 24.7 Å². The number of pyridine rings is 1. The number of methoxy groups -OCH3 is 1. The molecular weight excluding hydrogens is 208 g/mol. The molecule has 0 saturated heterocycles. The van der Waals surface area contributed by atoms with Gasteiger partial charge in [-0.15, -0.1) is 0 Å². The Bertz CT molecular complexity index is 572. The molecule has 0 amide bonds. The topological polar surface area (TPSA) is 64.4 Å². The number of rotatable bonds is 2. The lowest BCUT2D eigenvalue weighted by Gasteiger charge is -2.08. The van der Waals surface area contributed by atoms with Gasteiger partial charge in [-0.1, -0.05) is 0 Å². The number of aromatic nitrogens is 2. The van der Waals surface area contributed by atoms with Crippen molar-refractivity contribution in [1.29, 1.82) is 0 Å². The Morgan fingerprint density at radius 3 is 2.81 bits per heavy atom. The van der Waals surface area contributed by atoms with E-state index in [-0.39, 0.29) is 11.4 Å². The summed E-state index contributed by atoms with van der Waals surface area (Å²) in [6.45, 7) is 1.83. The molecule has 0 fully saturated rings. The first-order valence-corrected chi connectivity index (χ1v) is 4.79. The predicted molar refractivity (Wildman–Crippen MR) is 59.0 cm³/mol. The van der Waals surface area contributed by atoms with E-state index in [2.05, 4.69) is 4.98 Å². The number of ether oxygens (including phenoxy) is 1. The van der Waals surface area contributed by atoms with Crippen molar-refractivity contribution in [1.82, 2.24) is 9.55 Å². The molecule has 2 heterocycles. The first-order chi connectivity index (χ1) is 7.56. The zero-order valence-corrected chi connectivity index (χ0v) is 9.31. The Labute approximate surface area is 92.3 Å². The van der Waals surface area contributed by atoms with Crippen molar-refractivity contribution < 1.29 is 14.6 Å². The van der Waals surface area contributed by atoms with E-state index in [1.165, 1.54) is 7.11 Å². The molecule has 0 unspecified atom stereocenters. The summed E-state index contributed by atoms with van der Waals surface area (Å²) in [4.78, 5) is 15.3. The van der Waals surface area contributed by atoms with Crippen LogP contribution in [0.25, 0.3) is 10.9 Å². The van der Waals surface area contributed by atoms with Crippen molar-refractivity contribution >= 4 is 16.9 Å². The summed E-state index contributed by atoms with van der Waals surface area (Å²) in [6.07, 6.45) is 1.81. The van der Waals surface area contributed by atoms with Crippen LogP contribution < -0.4 is 4.74 Å². The summed E-state index contributed by atoms with van der Waals surface area (Å²) in [5.74, 6) is -0.871. The summed E-state index contributed by atoms with van der Waals surface area (Å²) in [6, 6.07) is 1.76. The zero-order chi connectivity index (χ0) is 11.9. The Morgan fingerprint density at radius 1 is 1.56 bits per heavy atom. The van der Waals surface area contributed by atoms with Crippen molar-refractivity contribution in [3.8, 4) is 5.88 Å².